The lowest BCUT2D eigenvalue weighted by Crippen LogP contribution is -2.27. The minimum Gasteiger partial charge on any atom is -0.463 e. The average Bonchev–Trinajstić information content (AvgIpc) is 3.26. The van der Waals surface area contributed by atoms with Gasteiger partial charge in [-0.15, -0.1) is 0 Å². The number of unbranched alkanes of at least 4 members (excludes halogenated alkanes) is 1. The van der Waals surface area contributed by atoms with Crippen molar-refractivity contribution in [2.45, 2.75) is 45.0 Å². The highest BCUT2D eigenvalue weighted by Crippen LogP contribution is 2.30. The van der Waals surface area contributed by atoms with Crippen LogP contribution in [0.3, 0.4) is 0 Å². The number of H-pyrrole nitrogens is 1. The number of fused-ring (bicyclic) bond motifs is 1. The summed E-state index contributed by atoms with van der Waals surface area (Å²) in [5.41, 5.74) is 9.80. The summed E-state index contributed by atoms with van der Waals surface area (Å²) in [4.78, 5) is 13.8. The Morgan fingerprint density at radius 2 is 2.23 bits per heavy atom. The number of hydrogen-bond acceptors (Lipinski definition) is 5. The van der Waals surface area contributed by atoms with Gasteiger partial charge in [-0.2, -0.15) is 9.97 Å². The van der Waals surface area contributed by atoms with Crippen LogP contribution in [0.2, 0.25) is 0 Å². The van der Waals surface area contributed by atoms with E-state index in [4.69, 9.17) is 10.5 Å². The van der Waals surface area contributed by atoms with Crippen molar-refractivity contribution < 1.29 is 13.5 Å². The molecule has 6 nitrogen and oxygen atoms in total. The Morgan fingerprint density at radius 1 is 1.37 bits per heavy atom. The largest absolute Gasteiger partial charge is 0.463 e. The van der Waals surface area contributed by atoms with E-state index < -0.39 is 5.92 Å². The zero-order chi connectivity index (χ0) is 21.1. The van der Waals surface area contributed by atoms with Gasteiger partial charge in [0, 0.05) is 25.7 Å². The third-order valence-corrected chi connectivity index (χ3v) is 5.74. The molecule has 1 atom stereocenters. The highest BCUT2D eigenvalue weighted by molar-refractivity contribution is 5.87. The summed E-state index contributed by atoms with van der Waals surface area (Å²) in [6.07, 6.45) is 12.0. The van der Waals surface area contributed by atoms with Gasteiger partial charge >= 0.3 is 6.01 Å². The fourth-order valence-corrected chi connectivity index (χ4v) is 4.05. The molecule has 3 heterocycles. The first-order valence-electron chi connectivity index (χ1n) is 10.7. The number of allylic oxidation sites excluding steroid dienone is 2. The van der Waals surface area contributed by atoms with Gasteiger partial charge in [0.1, 0.15) is 11.0 Å². The molecular weight excluding hydrogens is 388 g/mol. The smallest absolute Gasteiger partial charge is 0.319 e. The Labute approximate surface area is 175 Å². The van der Waals surface area contributed by atoms with Gasteiger partial charge in [0.15, 0.2) is 5.82 Å². The molecule has 8 heteroatoms. The van der Waals surface area contributed by atoms with Gasteiger partial charge in [0.2, 0.25) is 0 Å². The third kappa shape index (κ3) is 4.80. The van der Waals surface area contributed by atoms with Crippen LogP contribution in [0.25, 0.3) is 11.0 Å². The molecule has 1 unspecified atom stereocenters. The molecule has 1 saturated heterocycles. The Kier molecular flexibility index (Phi) is 6.04. The van der Waals surface area contributed by atoms with Crippen LogP contribution in [-0.4, -0.2) is 52.0 Å². The van der Waals surface area contributed by atoms with Crippen LogP contribution in [0.5, 0.6) is 6.01 Å². The number of ether oxygens (including phenoxy) is 1. The van der Waals surface area contributed by atoms with E-state index in [1.165, 1.54) is 0 Å². The molecule has 2 aliphatic rings. The van der Waals surface area contributed by atoms with Crippen LogP contribution in [0.4, 0.5) is 14.6 Å². The maximum absolute atomic E-state index is 13.4. The van der Waals surface area contributed by atoms with E-state index in [1.807, 2.05) is 11.1 Å². The molecule has 3 N–H and O–H groups in total. The monoisotopic (exact) mass is 417 g/mol. The summed E-state index contributed by atoms with van der Waals surface area (Å²) < 4.78 is 32.4. The van der Waals surface area contributed by atoms with Crippen molar-refractivity contribution in [2.24, 2.45) is 5.92 Å². The molecule has 1 fully saturated rings. The number of alkyl halides is 2. The van der Waals surface area contributed by atoms with Crippen molar-refractivity contribution in [3.05, 3.63) is 35.6 Å². The number of nitrogens with two attached hydrogens (primary N) is 1. The van der Waals surface area contributed by atoms with E-state index in [-0.39, 0.29) is 13.0 Å². The Morgan fingerprint density at radius 3 is 2.93 bits per heavy atom. The summed E-state index contributed by atoms with van der Waals surface area (Å²) in [6, 6.07) is 0.318. The Balaban J connectivity index is 1.39. The second-order valence-electron chi connectivity index (χ2n) is 8.29. The molecule has 4 rings (SSSR count). The predicted octanol–water partition coefficient (Wildman–Crippen LogP) is 4.11. The van der Waals surface area contributed by atoms with Gasteiger partial charge < -0.3 is 15.5 Å². The van der Waals surface area contributed by atoms with Gasteiger partial charge in [-0.3, -0.25) is 4.90 Å². The number of nitrogens with one attached hydrogen (secondary N) is 1. The van der Waals surface area contributed by atoms with Gasteiger partial charge in [0.05, 0.1) is 13.2 Å². The zero-order valence-corrected chi connectivity index (χ0v) is 17.3. The van der Waals surface area contributed by atoms with E-state index in [0.717, 1.165) is 47.9 Å². The van der Waals surface area contributed by atoms with Gasteiger partial charge in [-0.05, 0) is 36.3 Å². The molecular formula is C22H29F2N5O. The maximum atomic E-state index is 13.4. The molecule has 0 saturated carbocycles. The lowest BCUT2D eigenvalue weighted by atomic mass is 9.91. The minimum atomic E-state index is -2.54. The molecule has 2 aromatic rings. The molecule has 0 aromatic carbocycles. The van der Waals surface area contributed by atoms with Crippen molar-refractivity contribution in [1.29, 1.82) is 0 Å². The van der Waals surface area contributed by atoms with E-state index in [2.05, 4.69) is 40.1 Å². The number of likely N-dealkylation sites (tertiary alicyclic amines) is 1. The molecule has 30 heavy (non-hydrogen) atoms. The lowest BCUT2D eigenvalue weighted by molar-refractivity contribution is 0.0131. The highest BCUT2D eigenvalue weighted by Gasteiger charge is 2.38. The number of aromatic nitrogens is 3. The van der Waals surface area contributed by atoms with Gasteiger partial charge in [-0.1, -0.05) is 31.6 Å². The predicted molar refractivity (Wildman–Crippen MR) is 114 cm³/mol. The Bertz CT molecular complexity index is 952. The van der Waals surface area contributed by atoms with Gasteiger partial charge in [0.25, 0.3) is 5.92 Å². The zero-order valence-electron chi connectivity index (χ0n) is 17.3. The van der Waals surface area contributed by atoms with Crippen LogP contribution < -0.4 is 10.5 Å². The second kappa shape index (κ2) is 8.71. The van der Waals surface area contributed by atoms with E-state index in [1.54, 1.807) is 0 Å². The molecule has 162 valence electrons. The van der Waals surface area contributed by atoms with E-state index in [0.29, 0.717) is 37.4 Å². The fraction of sp³-hybridized carbons (Fsp3) is 0.545. The normalized spacial score (nSPS) is 21.3. The standard InChI is InChI=1S/C22H29F2N5O/c1-2-3-10-30-21-27-18-17(12-26-19(18)20(25)28-21)11-15-4-6-16(7-5-15)13-29-9-8-22(23,24)14-29/h4,6-7,12,15,26H,2-3,5,8-11,13-14H2,1H3,(H2,25,27,28). The molecule has 1 aliphatic carbocycles. The quantitative estimate of drug-likeness (QED) is 0.632. The van der Waals surface area contributed by atoms with Crippen molar-refractivity contribution in [1.82, 2.24) is 19.9 Å². The summed E-state index contributed by atoms with van der Waals surface area (Å²) in [6.45, 7) is 3.59. The average molecular weight is 418 g/mol. The number of halogens is 2. The maximum Gasteiger partial charge on any atom is 0.319 e. The topological polar surface area (TPSA) is 80.1 Å². The first kappa shape index (κ1) is 20.8. The molecule has 0 radical (unpaired) electrons. The van der Waals surface area contributed by atoms with Crippen LogP contribution in [0, 0.1) is 5.92 Å². The van der Waals surface area contributed by atoms with Crippen molar-refractivity contribution in [2.75, 3.05) is 32.0 Å². The number of nitrogens with zero attached hydrogens (tertiary/aromatic N) is 3. The number of hydrogen-bond donors (Lipinski definition) is 2. The molecule has 0 amide bonds. The van der Waals surface area contributed by atoms with Crippen LogP contribution in [0.15, 0.2) is 30.0 Å². The lowest BCUT2D eigenvalue weighted by Gasteiger charge is -2.20. The third-order valence-electron chi connectivity index (χ3n) is 5.74. The molecule has 2 aromatic heterocycles. The number of anilines is 1. The first-order valence-corrected chi connectivity index (χ1v) is 10.7. The second-order valence-corrected chi connectivity index (χ2v) is 8.29. The van der Waals surface area contributed by atoms with Crippen LogP contribution >= 0.6 is 0 Å². The minimum absolute atomic E-state index is 0.0394. The van der Waals surface area contributed by atoms with Gasteiger partial charge in [-0.25, -0.2) is 8.78 Å². The molecule has 0 bridgehead atoms. The van der Waals surface area contributed by atoms with Crippen molar-refractivity contribution in [3.63, 3.8) is 0 Å². The summed E-state index contributed by atoms with van der Waals surface area (Å²) in [5.74, 6) is -1.82. The SMILES string of the molecule is CCCCOc1nc(N)c2[nH]cc(CC3C=CC(CN4CCC(F)(F)C4)=CC3)c2n1. The Hall–Kier alpha value is -2.48. The summed E-state index contributed by atoms with van der Waals surface area (Å²) >= 11 is 0. The molecule has 0 spiro atoms. The highest BCUT2D eigenvalue weighted by atomic mass is 19.3. The molecule has 1 aliphatic heterocycles. The summed E-state index contributed by atoms with van der Waals surface area (Å²) in [5, 5.41) is 0. The van der Waals surface area contributed by atoms with E-state index >= 15 is 0 Å². The first-order chi connectivity index (χ1) is 14.4. The summed E-state index contributed by atoms with van der Waals surface area (Å²) in [7, 11) is 0. The fourth-order valence-electron chi connectivity index (χ4n) is 4.05. The number of aromatic amines is 1. The van der Waals surface area contributed by atoms with Crippen LogP contribution in [-0.2, 0) is 6.42 Å². The van der Waals surface area contributed by atoms with E-state index in [9.17, 15) is 8.78 Å². The van der Waals surface area contributed by atoms with Crippen molar-refractivity contribution in [3.8, 4) is 6.01 Å². The van der Waals surface area contributed by atoms with Crippen molar-refractivity contribution >= 4 is 16.9 Å². The number of nitrogen functional groups attached to an aromatic ring is 1. The number of rotatable bonds is 8. The van der Waals surface area contributed by atoms with Crippen LogP contribution in [0.1, 0.15) is 38.2 Å².